The standard InChI is InChI=1S/C9H11Br2N3O/c10-4-6-2-1-3-14(6)8-7(11)9(15)13-5-12-8/h5-6H,1-4H2,(H,12,13,15). The summed E-state index contributed by atoms with van der Waals surface area (Å²) < 4.78 is 0.526. The fraction of sp³-hybridized carbons (Fsp3) is 0.556. The molecule has 1 unspecified atom stereocenters. The first-order chi connectivity index (χ1) is 7.24. The molecule has 15 heavy (non-hydrogen) atoms. The molecule has 2 rings (SSSR count). The van der Waals surface area contributed by atoms with Crippen molar-refractivity contribution >= 4 is 37.7 Å². The minimum absolute atomic E-state index is 0.125. The van der Waals surface area contributed by atoms with Gasteiger partial charge in [-0.3, -0.25) is 4.79 Å². The lowest BCUT2D eigenvalue weighted by atomic mass is 10.2. The third-order valence-corrected chi connectivity index (χ3v) is 4.07. The molecule has 0 bridgehead atoms. The number of alkyl halides is 1. The van der Waals surface area contributed by atoms with Gasteiger partial charge in [-0.05, 0) is 28.8 Å². The molecule has 1 N–H and O–H groups in total. The van der Waals surface area contributed by atoms with E-state index < -0.39 is 0 Å². The number of H-pyrrole nitrogens is 1. The lowest BCUT2D eigenvalue weighted by molar-refractivity contribution is 0.737. The summed E-state index contributed by atoms with van der Waals surface area (Å²) in [7, 11) is 0. The summed E-state index contributed by atoms with van der Waals surface area (Å²) in [5, 5.41) is 0.911. The Labute approximate surface area is 104 Å². The number of halogens is 2. The maximum atomic E-state index is 11.4. The highest BCUT2D eigenvalue weighted by atomic mass is 79.9. The molecule has 1 aliphatic rings. The minimum Gasteiger partial charge on any atom is -0.352 e. The van der Waals surface area contributed by atoms with E-state index in [1.807, 2.05) is 0 Å². The smallest absolute Gasteiger partial charge is 0.267 e. The number of anilines is 1. The van der Waals surface area contributed by atoms with Gasteiger partial charge in [0.1, 0.15) is 4.47 Å². The third kappa shape index (κ3) is 2.10. The van der Waals surface area contributed by atoms with Crippen molar-refractivity contribution in [3.8, 4) is 0 Å². The van der Waals surface area contributed by atoms with Crippen LogP contribution in [-0.4, -0.2) is 27.9 Å². The summed E-state index contributed by atoms with van der Waals surface area (Å²) in [5.41, 5.74) is -0.125. The number of hydrogen-bond donors (Lipinski definition) is 1. The summed E-state index contributed by atoms with van der Waals surface area (Å²) >= 11 is 6.77. The van der Waals surface area contributed by atoms with Crippen molar-refractivity contribution in [2.75, 3.05) is 16.8 Å². The molecule has 1 aromatic rings. The quantitative estimate of drug-likeness (QED) is 0.839. The first kappa shape index (κ1) is 11.1. The molecule has 0 radical (unpaired) electrons. The maximum Gasteiger partial charge on any atom is 0.267 e. The van der Waals surface area contributed by atoms with E-state index in [4.69, 9.17) is 0 Å². The molecule has 1 fully saturated rings. The van der Waals surface area contributed by atoms with Crippen molar-refractivity contribution in [2.45, 2.75) is 18.9 Å². The van der Waals surface area contributed by atoms with Gasteiger partial charge in [0.2, 0.25) is 0 Å². The predicted octanol–water partition coefficient (Wildman–Crippen LogP) is 1.90. The molecule has 1 saturated heterocycles. The topological polar surface area (TPSA) is 49.0 Å². The summed E-state index contributed by atoms with van der Waals surface area (Å²) in [6.45, 7) is 0.964. The third-order valence-electron chi connectivity index (χ3n) is 2.61. The van der Waals surface area contributed by atoms with E-state index in [9.17, 15) is 4.79 Å². The van der Waals surface area contributed by atoms with E-state index in [0.717, 1.165) is 30.5 Å². The van der Waals surface area contributed by atoms with Crippen LogP contribution >= 0.6 is 31.9 Å². The molecule has 0 saturated carbocycles. The molecular weight excluding hydrogens is 326 g/mol. The summed E-state index contributed by atoms with van der Waals surface area (Å²) in [5.74, 6) is 0.751. The van der Waals surface area contributed by atoms with E-state index in [2.05, 4.69) is 46.7 Å². The Kier molecular flexibility index (Phi) is 3.45. The number of nitrogens with one attached hydrogen (secondary N) is 1. The highest BCUT2D eigenvalue weighted by Gasteiger charge is 2.26. The molecule has 0 amide bonds. The van der Waals surface area contributed by atoms with Crippen molar-refractivity contribution in [3.63, 3.8) is 0 Å². The van der Waals surface area contributed by atoms with Crippen molar-refractivity contribution in [3.05, 3.63) is 21.2 Å². The van der Waals surface area contributed by atoms with Gasteiger partial charge >= 0.3 is 0 Å². The fourth-order valence-corrected chi connectivity index (χ4v) is 2.97. The second-order valence-electron chi connectivity index (χ2n) is 3.51. The van der Waals surface area contributed by atoms with Crippen LogP contribution in [0.5, 0.6) is 0 Å². The molecule has 6 heteroatoms. The Balaban J connectivity index is 2.36. The summed E-state index contributed by atoms with van der Waals surface area (Å²) in [4.78, 5) is 20.4. The van der Waals surface area contributed by atoms with Crippen molar-refractivity contribution in [1.29, 1.82) is 0 Å². The Morgan fingerprint density at radius 2 is 2.47 bits per heavy atom. The van der Waals surface area contributed by atoms with E-state index in [1.54, 1.807) is 0 Å². The second-order valence-corrected chi connectivity index (χ2v) is 4.95. The summed E-state index contributed by atoms with van der Waals surface area (Å²) in [6, 6.07) is 0.440. The molecule has 2 heterocycles. The van der Waals surface area contributed by atoms with Gasteiger partial charge in [-0.1, -0.05) is 15.9 Å². The van der Waals surface area contributed by atoms with Crippen LogP contribution in [0.3, 0.4) is 0 Å². The first-order valence-electron chi connectivity index (χ1n) is 4.80. The van der Waals surface area contributed by atoms with Gasteiger partial charge in [-0.15, -0.1) is 0 Å². The lowest BCUT2D eigenvalue weighted by Crippen LogP contribution is -2.32. The average molecular weight is 337 g/mol. The van der Waals surface area contributed by atoms with Crippen LogP contribution in [0, 0.1) is 0 Å². The molecule has 0 aliphatic carbocycles. The van der Waals surface area contributed by atoms with Crippen molar-refractivity contribution in [2.24, 2.45) is 0 Å². The fourth-order valence-electron chi connectivity index (χ4n) is 1.85. The van der Waals surface area contributed by atoms with Crippen LogP contribution in [0.25, 0.3) is 0 Å². The lowest BCUT2D eigenvalue weighted by Gasteiger charge is -2.24. The number of nitrogens with zero attached hydrogens (tertiary/aromatic N) is 2. The zero-order chi connectivity index (χ0) is 10.8. The van der Waals surface area contributed by atoms with Crippen LogP contribution in [0.1, 0.15) is 12.8 Å². The first-order valence-corrected chi connectivity index (χ1v) is 6.71. The van der Waals surface area contributed by atoms with Crippen LogP contribution in [0.2, 0.25) is 0 Å². The number of aromatic amines is 1. The van der Waals surface area contributed by atoms with E-state index >= 15 is 0 Å². The van der Waals surface area contributed by atoms with Gasteiger partial charge in [0.05, 0.1) is 6.33 Å². The van der Waals surface area contributed by atoms with Crippen LogP contribution in [0.4, 0.5) is 5.82 Å². The molecule has 82 valence electrons. The SMILES string of the molecule is O=c1[nH]cnc(N2CCCC2CBr)c1Br. The van der Waals surface area contributed by atoms with Gasteiger partial charge in [0.15, 0.2) is 5.82 Å². The van der Waals surface area contributed by atoms with Crippen LogP contribution < -0.4 is 10.5 Å². The predicted molar refractivity (Wildman–Crippen MR) is 66.7 cm³/mol. The average Bonchev–Trinajstić information content (AvgIpc) is 2.70. The monoisotopic (exact) mass is 335 g/mol. The van der Waals surface area contributed by atoms with E-state index in [0.29, 0.717) is 10.5 Å². The van der Waals surface area contributed by atoms with Gasteiger partial charge in [-0.25, -0.2) is 4.98 Å². The van der Waals surface area contributed by atoms with Crippen molar-refractivity contribution < 1.29 is 0 Å². The number of rotatable bonds is 2. The highest BCUT2D eigenvalue weighted by molar-refractivity contribution is 9.10. The van der Waals surface area contributed by atoms with E-state index in [1.165, 1.54) is 6.33 Å². The molecule has 1 atom stereocenters. The van der Waals surface area contributed by atoms with Crippen LogP contribution in [0.15, 0.2) is 15.6 Å². The molecule has 0 aromatic carbocycles. The van der Waals surface area contributed by atoms with Crippen LogP contribution in [-0.2, 0) is 0 Å². The van der Waals surface area contributed by atoms with Gasteiger partial charge in [0, 0.05) is 17.9 Å². The van der Waals surface area contributed by atoms with E-state index in [-0.39, 0.29) is 5.56 Å². The molecule has 1 aliphatic heterocycles. The molecule has 1 aromatic heterocycles. The zero-order valence-electron chi connectivity index (χ0n) is 8.04. The minimum atomic E-state index is -0.125. The maximum absolute atomic E-state index is 11.4. The normalized spacial score (nSPS) is 20.9. The Morgan fingerprint density at radius 1 is 1.67 bits per heavy atom. The van der Waals surface area contributed by atoms with Crippen molar-refractivity contribution in [1.82, 2.24) is 9.97 Å². The van der Waals surface area contributed by atoms with Gasteiger partial charge in [-0.2, -0.15) is 0 Å². The molecule has 4 nitrogen and oxygen atoms in total. The zero-order valence-corrected chi connectivity index (χ0v) is 11.2. The number of hydrogen-bond acceptors (Lipinski definition) is 3. The Hall–Kier alpha value is -0.360. The summed E-state index contributed by atoms with van der Waals surface area (Å²) in [6.07, 6.45) is 3.75. The highest BCUT2D eigenvalue weighted by Crippen LogP contribution is 2.28. The Morgan fingerprint density at radius 3 is 3.20 bits per heavy atom. The van der Waals surface area contributed by atoms with Gasteiger partial charge < -0.3 is 9.88 Å². The Bertz CT molecular complexity index is 407. The van der Waals surface area contributed by atoms with Gasteiger partial charge in [0.25, 0.3) is 5.56 Å². The number of aromatic nitrogens is 2. The molecule has 0 spiro atoms. The second kappa shape index (κ2) is 4.65. The largest absolute Gasteiger partial charge is 0.352 e. The molecular formula is C9H11Br2N3O.